The maximum Gasteiger partial charge on any atom is 0.330 e. The zero-order valence-electron chi connectivity index (χ0n) is 10.8. The second-order valence-corrected chi connectivity index (χ2v) is 5.01. The van der Waals surface area contributed by atoms with Gasteiger partial charge in [0.05, 0.1) is 12.7 Å². The fourth-order valence-electron chi connectivity index (χ4n) is 1.51. The monoisotopic (exact) mass is 244 g/mol. The smallest absolute Gasteiger partial charge is 0.330 e. The molecule has 98 valence electrons. The molecule has 0 aromatic carbocycles. The Hall–Kier alpha value is -1.14. The van der Waals surface area contributed by atoms with Crippen LogP contribution in [0.2, 0.25) is 0 Å². The average Bonchev–Trinajstić information content (AvgIpc) is 2.21. The Labute approximate surface area is 101 Å². The molecule has 0 aromatic rings. The molecule has 0 saturated carbocycles. The van der Waals surface area contributed by atoms with Crippen LogP contribution in [0.5, 0.6) is 0 Å². The van der Waals surface area contributed by atoms with Crippen molar-refractivity contribution in [3.8, 4) is 0 Å². The third-order valence-electron chi connectivity index (χ3n) is 2.70. The summed E-state index contributed by atoms with van der Waals surface area (Å²) in [5.74, 6) is -0.809. The van der Waals surface area contributed by atoms with Crippen LogP contribution in [0, 0.1) is 0 Å². The summed E-state index contributed by atoms with van der Waals surface area (Å²) in [6.45, 7) is 6.52. The summed E-state index contributed by atoms with van der Waals surface area (Å²) < 4.78 is 10.0. The number of rotatable bonds is 5. The van der Waals surface area contributed by atoms with Crippen LogP contribution in [0.3, 0.4) is 0 Å². The Bertz CT molecular complexity index is 311. The van der Waals surface area contributed by atoms with Crippen molar-refractivity contribution in [2.45, 2.75) is 31.9 Å². The van der Waals surface area contributed by atoms with Gasteiger partial charge in [0, 0.05) is 13.1 Å². The summed E-state index contributed by atoms with van der Waals surface area (Å²) in [5, 5.41) is 5.64. The minimum absolute atomic E-state index is 0.0569. The van der Waals surface area contributed by atoms with Crippen molar-refractivity contribution in [2.75, 3.05) is 26.8 Å². The number of esters is 1. The Kier molecular flexibility index (Phi) is 4.11. The number of nitrogens with one attached hydrogen (secondary N) is 2. The van der Waals surface area contributed by atoms with Crippen LogP contribution in [0.1, 0.15) is 20.8 Å². The van der Waals surface area contributed by atoms with Crippen molar-refractivity contribution < 1.29 is 19.1 Å². The predicted octanol–water partition coefficient (Wildman–Crippen LogP) is -0.567. The van der Waals surface area contributed by atoms with Crippen LogP contribution in [-0.2, 0) is 19.1 Å². The highest BCUT2D eigenvalue weighted by molar-refractivity contribution is 5.87. The molecule has 17 heavy (non-hydrogen) atoms. The first-order valence-corrected chi connectivity index (χ1v) is 5.53. The zero-order valence-corrected chi connectivity index (χ0v) is 10.8. The molecule has 1 saturated heterocycles. The van der Waals surface area contributed by atoms with Crippen molar-refractivity contribution in [1.82, 2.24) is 10.6 Å². The summed E-state index contributed by atoms with van der Waals surface area (Å²) in [4.78, 5) is 23.0. The molecule has 0 spiro atoms. The maximum absolute atomic E-state index is 11.6. The van der Waals surface area contributed by atoms with Gasteiger partial charge in [-0.05, 0) is 20.8 Å². The Morgan fingerprint density at radius 1 is 1.41 bits per heavy atom. The summed E-state index contributed by atoms with van der Waals surface area (Å²) in [7, 11) is 1.29. The van der Waals surface area contributed by atoms with Crippen LogP contribution in [0.15, 0.2) is 0 Å². The number of amides is 1. The van der Waals surface area contributed by atoms with Gasteiger partial charge in [-0.1, -0.05) is 0 Å². The lowest BCUT2D eigenvalue weighted by atomic mass is 10.0. The Morgan fingerprint density at radius 2 is 2.00 bits per heavy atom. The maximum atomic E-state index is 11.6. The number of hydrogen-bond acceptors (Lipinski definition) is 5. The minimum atomic E-state index is -1.03. The zero-order chi connectivity index (χ0) is 13.1. The van der Waals surface area contributed by atoms with Crippen molar-refractivity contribution in [1.29, 1.82) is 0 Å². The normalized spacial score (nSPS) is 18.1. The van der Waals surface area contributed by atoms with E-state index in [4.69, 9.17) is 4.74 Å². The lowest BCUT2D eigenvalue weighted by molar-refractivity contribution is -0.151. The van der Waals surface area contributed by atoms with Crippen LogP contribution in [0.4, 0.5) is 0 Å². The molecule has 1 rings (SSSR count). The molecule has 1 aliphatic heterocycles. The first kappa shape index (κ1) is 13.9. The molecule has 0 radical (unpaired) electrons. The van der Waals surface area contributed by atoms with Gasteiger partial charge in [0.25, 0.3) is 0 Å². The molecule has 0 aliphatic carbocycles. The topological polar surface area (TPSA) is 76.7 Å². The third-order valence-corrected chi connectivity index (χ3v) is 2.70. The summed E-state index contributed by atoms with van der Waals surface area (Å²) in [6.07, 6.45) is 0. The van der Waals surface area contributed by atoms with Gasteiger partial charge >= 0.3 is 5.97 Å². The fourth-order valence-corrected chi connectivity index (χ4v) is 1.51. The molecule has 1 aliphatic rings. The number of ether oxygens (including phenoxy) is 2. The standard InChI is InChI=1S/C11H20N2O4/c1-10(2,9(15)16-4)13-8(14)5-17-11(3)6-12-7-11/h12H,5-7H2,1-4H3,(H,13,14). The fraction of sp³-hybridized carbons (Fsp3) is 0.818. The molecule has 2 N–H and O–H groups in total. The summed E-state index contributed by atoms with van der Waals surface area (Å²) >= 11 is 0. The lowest BCUT2D eigenvalue weighted by Crippen LogP contribution is -2.60. The van der Waals surface area contributed by atoms with Gasteiger partial charge < -0.3 is 20.1 Å². The molecule has 1 heterocycles. The first-order valence-electron chi connectivity index (χ1n) is 5.53. The minimum Gasteiger partial charge on any atom is -0.467 e. The Balaban J connectivity index is 2.36. The predicted molar refractivity (Wildman–Crippen MR) is 61.5 cm³/mol. The van der Waals surface area contributed by atoms with E-state index in [0.29, 0.717) is 0 Å². The van der Waals surface area contributed by atoms with E-state index in [1.54, 1.807) is 13.8 Å². The van der Waals surface area contributed by atoms with E-state index in [1.165, 1.54) is 7.11 Å². The van der Waals surface area contributed by atoms with Crippen molar-refractivity contribution >= 4 is 11.9 Å². The molecule has 1 fully saturated rings. The van der Waals surface area contributed by atoms with Gasteiger partial charge in [0.2, 0.25) is 5.91 Å². The number of methoxy groups -OCH3 is 1. The van der Waals surface area contributed by atoms with Crippen molar-refractivity contribution in [3.05, 3.63) is 0 Å². The quantitative estimate of drug-likeness (QED) is 0.634. The average molecular weight is 244 g/mol. The molecule has 1 amide bonds. The lowest BCUT2D eigenvalue weighted by Gasteiger charge is -2.39. The van der Waals surface area contributed by atoms with E-state index in [9.17, 15) is 9.59 Å². The number of carbonyl (C=O) groups is 2. The van der Waals surface area contributed by atoms with Crippen molar-refractivity contribution in [3.63, 3.8) is 0 Å². The van der Waals surface area contributed by atoms with Crippen molar-refractivity contribution in [2.24, 2.45) is 0 Å². The highest BCUT2D eigenvalue weighted by Gasteiger charge is 2.35. The second kappa shape index (κ2) is 5.01. The molecular weight excluding hydrogens is 224 g/mol. The highest BCUT2D eigenvalue weighted by Crippen LogP contribution is 2.14. The summed E-state index contributed by atoms with van der Waals surface area (Å²) in [5.41, 5.74) is -1.30. The SMILES string of the molecule is COC(=O)C(C)(C)NC(=O)COC1(C)CNC1. The van der Waals surface area contributed by atoms with Crippen LogP contribution in [-0.4, -0.2) is 49.8 Å². The Morgan fingerprint density at radius 3 is 2.41 bits per heavy atom. The molecule has 0 aromatic heterocycles. The van der Waals surface area contributed by atoms with E-state index in [1.807, 2.05) is 6.92 Å². The number of carbonyl (C=O) groups excluding carboxylic acids is 2. The molecule has 0 bridgehead atoms. The number of hydrogen-bond donors (Lipinski definition) is 2. The van der Waals surface area contributed by atoms with E-state index < -0.39 is 11.5 Å². The van der Waals surface area contributed by atoms with Gasteiger partial charge in [-0.15, -0.1) is 0 Å². The van der Waals surface area contributed by atoms with Crippen LogP contribution in [0.25, 0.3) is 0 Å². The first-order chi connectivity index (χ1) is 7.79. The molecule has 6 nitrogen and oxygen atoms in total. The molecule has 6 heteroatoms. The molecule has 0 atom stereocenters. The van der Waals surface area contributed by atoms with Gasteiger partial charge in [0.15, 0.2) is 0 Å². The van der Waals surface area contributed by atoms with Crippen LogP contribution >= 0.6 is 0 Å². The van der Waals surface area contributed by atoms with Gasteiger partial charge in [0.1, 0.15) is 12.1 Å². The van der Waals surface area contributed by atoms with Gasteiger partial charge in [-0.2, -0.15) is 0 Å². The van der Waals surface area contributed by atoms with E-state index in [0.717, 1.165) is 13.1 Å². The van der Waals surface area contributed by atoms with E-state index in [-0.39, 0.29) is 18.1 Å². The molecular formula is C11H20N2O4. The van der Waals surface area contributed by atoms with E-state index in [2.05, 4.69) is 15.4 Å². The highest BCUT2D eigenvalue weighted by atomic mass is 16.5. The van der Waals surface area contributed by atoms with Gasteiger partial charge in [-0.25, -0.2) is 4.79 Å². The third kappa shape index (κ3) is 3.67. The summed E-state index contributed by atoms with van der Waals surface area (Å²) in [6, 6.07) is 0. The van der Waals surface area contributed by atoms with Gasteiger partial charge in [-0.3, -0.25) is 4.79 Å². The van der Waals surface area contributed by atoms with Crippen LogP contribution < -0.4 is 10.6 Å². The largest absolute Gasteiger partial charge is 0.467 e. The molecule has 0 unspecified atom stereocenters. The second-order valence-electron chi connectivity index (χ2n) is 5.01. The van der Waals surface area contributed by atoms with E-state index >= 15 is 0 Å².